The molecule has 0 aliphatic heterocycles. The Morgan fingerprint density at radius 3 is 2.83 bits per heavy atom. The quantitative estimate of drug-likeness (QED) is 0.307. The Hall–Kier alpha value is -1.57. The van der Waals surface area contributed by atoms with E-state index >= 15 is 0 Å². The van der Waals surface area contributed by atoms with Gasteiger partial charge in [0.15, 0.2) is 6.54 Å². The highest BCUT2D eigenvalue weighted by Gasteiger charge is 2.21. The average molecular weight is 374 g/mol. The lowest BCUT2D eigenvalue weighted by molar-refractivity contribution is -0.678. The Balaban J connectivity index is 2.29. The maximum Gasteiger partial charge on any atom is 0.377 e. The predicted molar refractivity (Wildman–Crippen MR) is 90.5 cm³/mol. The second-order valence-electron chi connectivity index (χ2n) is 5.36. The molecule has 0 aliphatic carbocycles. The van der Waals surface area contributed by atoms with Gasteiger partial charge in [-0.05, 0) is 32.4 Å². The normalized spacial score (nSPS) is 12.8. The second-order valence-corrected chi connectivity index (χ2v) is 7.32. The van der Waals surface area contributed by atoms with Crippen LogP contribution in [0.4, 0.5) is 0 Å². The van der Waals surface area contributed by atoms with Crippen molar-refractivity contribution in [3.05, 3.63) is 34.9 Å². The molecule has 1 heterocycles. The number of unbranched alkanes of at least 4 members (excludes halogenated alkanes) is 1. The van der Waals surface area contributed by atoms with E-state index in [9.17, 15) is 13.0 Å². The number of aryl methyl sites for hydroxylation is 1. The molecule has 2 aromatic rings. The number of halogens is 1. The summed E-state index contributed by atoms with van der Waals surface area (Å²) in [6, 6.07) is 5.31. The van der Waals surface area contributed by atoms with Crippen molar-refractivity contribution in [2.75, 3.05) is 12.4 Å². The Bertz CT molecular complexity index is 842. The van der Waals surface area contributed by atoms with E-state index in [1.165, 1.54) is 0 Å². The summed E-state index contributed by atoms with van der Waals surface area (Å²) in [6.45, 7) is 4.79. The van der Waals surface area contributed by atoms with Crippen LogP contribution in [-0.2, 0) is 21.4 Å². The second kappa shape index (κ2) is 8.00. The zero-order chi connectivity index (χ0) is 17.7. The number of fused-ring (bicyclic) bond motifs is 1. The summed E-state index contributed by atoms with van der Waals surface area (Å²) in [5, 5.41) is 0.580. The number of hydrogen-bond acceptors (Lipinski definition) is 5. The molecule has 1 aromatic heterocycles. The van der Waals surface area contributed by atoms with Crippen LogP contribution in [0.25, 0.3) is 17.2 Å². The first-order chi connectivity index (χ1) is 11.3. The number of hydrogen-bond donors (Lipinski definition) is 0. The Morgan fingerprint density at radius 2 is 2.17 bits per heavy atom. The van der Waals surface area contributed by atoms with E-state index in [1.807, 2.05) is 18.4 Å². The number of benzene rings is 1. The topological polar surface area (TPSA) is 83.5 Å². The molecule has 0 spiro atoms. The van der Waals surface area contributed by atoms with Gasteiger partial charge in [0.1, 0.15) is 5.76 Å². The molecule has 0 fully saturated rings. The first kappa shape index (κ1) is 18.8. The van der Waals surface area contributed by atoms with E-state index < -0.39 is 10.1 Å². The van der Waals surface area contributed by atoms with Crippen molar-refractivity contribution in [2.24, 2.45) is 0 Å². The lowest BCUT2D eigenvalue weighted by Crippen LogP contribution is -2.35. The van der Waals surface area contributed by atoms with Crippen LogP contribution in [0.15, 0.2) is 28.4 Å². The van der Waals surface area contributed by atoms with E-state index in [2.05, 4.69) is 0 Å². The first-order valence-electron chi connectivity index (χ1n) is 7.66. The molecule has 0 atom stereocenters. The number of rotatable bonds is 8. The van der Waals surface area contributed by atoms with Crippen molar-refractivity contribution >= 4 is 38.9 Å². The highest BCUT2D eigenvalue weighted by molar-refractivity contribution is 7.85. The number of allylic oxidation sites excluding steroid dienone is 1. The van der Waals surface area contributed by atoms with Crippen molar-refractivity contribution in [2.45, 2.75) is 33.2 Å². The molecule has 0 saturated carbocycles. The fourth-order valence-corrected chi connectivity index (χ4v) is 3.13. The average Bonchev–Trinajstić information content (AvgIpc) is 2.79. The molecule has 0 bridgehead atoms. The van der Waals surface area contributed by atoms with Gasteiger partial charge >= 0.3 is 5.89 Å². The summed E-state index contributed by atoms with van der Waals surface area (Å²) in [7, 11) is -4.19. The molecule has 24 heavy (non-hydrogen) atoms. The van der Waals surface area contributed by atoms with Gasteiger partial charge in [-0.1, -0.05) is 11.6 Å². The van der Waals surface area contributed by atoms with E-state index in [0.29, 0.717) is 48.2 Å². The number of ether oxygens (including phenoxy) is 1. The Morgan fingerprint density at radius 1 is 1.42 bits per heavy atom. The summed E-state index contributed by atoms with van der Waals surface area (Å²) >= 11 is 6.06. The summed E-state index contributed by atoms with van der Waals surface area (Å²) in [6.07, 6.45) is 2.60. The molecule has 8 heteroatoms. The summed E-state index contributed by atoms with van der Waals surface area (Å²) in [4.78, 5) is 0. The van der Waals surface area contributed by atoms with E-state index in [0.717, 1.165) is 5.52 Å². The van der Waals surface area contributed by atoms with Gasteiger partial charge < -0.3 is 13.7 Å². The van der Waals surface area contributed by atoms with Crippen LogP contribution in [0, 0.1) is 0 Å². The van der Waals surface area contributed by atoms with Gasteiger partial charge in [-0.25, -0.2) is 8.42 Å². The van der Waals surface area contributed by atoms with Crippen molar-refractivity contribution in [3.63, 3.8) is 0 Å². The summed E-state index contributed by atoms with van der Waals surface area (Å²) < 4.78 is 45.3. The molecular weight excluding hydrogens is 354 g/mol. The van der Waals surface area contributed by atoms with Gasteiger partial charge in [-0.15, -0.1) is 0 Å². The molecule has 0 saturated heterocycles. The van der Waals surface area contributed by atoms with Gasteiger partial charge in [-0.2, -0.15) is 4.57 Å². The van der Waals surface area contributed by atoms with Crippen LogP contribution < -0.4 is 4.57 Å². The SMILES string of the molecule is CCOC(C)=Cc1oc2ccc(Cl)cc2[n+]1CCCCS(=O)(=O)[O-]. The lowest BCUT2D eigenvalue weighted by Gasteiger charge is -2.04. The minimum absolute atomic E-state index is 0.291. The fourth-order valence-electron chi connectivity index (χ4n) is 2.40. The van der Waals surface area contributed by atoms with Crippen LogP contribution >= 0.6 is 11.6 Å². The molecule has 0 unspecified atom stereocenters. The van der Waals surface area contributed by atoms with Crippen molar-refractivity contribution in [3.8, 4) is 0 Å². The van der Waals surface area contributed by atoms with Gasteiger partial charge in [-0.3, -0.25) is 0 Å². The third-order valence-corrected chi connectivity index (χ3v) is 4.44. The van der Waals surface area contributed by atoms with E-state index in [-0.39, 0.29) is 5.75 Å². The zero-order valence-electron chi connectivity index (χ0n) is 13.6. The fraction of sp³-hybridized carbons (Fsp3) is 0.438. The number of oxazole rings is 1. The minimum Gasteiger partial charge on any atom is -0.748 e. The smallest absolute Gasteiger partial charge is 0.377 e. The van der Waals surface area contributed by atoms with Gasteiger partial charge in [0.25, 0.3) is 5.52 Å². The van der Waals surface area contributed by atoms with E-state index in [1.54, 1.807) is 24.3 Å². The monoisotopic (exact) mass is 373 g/mol. The van der Waals surface area contributed by atoms with Gasteiger partial charge in [0.2, 0.25) is 5.58 Å². The molecular formula is C16H20ClNO5S. The van der Waals surface area contributed by atoms with E-state index in [4.69, 9.17) is 20.8 Å². The van der Waals surface area contributed by atoms with Crippen LogP contribution in [0.5, 0.6) is 0 Å². The molecule has 0 amide bonds. The Kier molecular flexibility index (Phi) is 6.26. The Labute approximate surface area is 146 Å². The molecule has 2 rings (SSSR count). The molecule has 0 N–H and O–H groups in total. The highest BCUT2D eigenvalue weighted by Crippen LogP contribution is 2.20. The number of nitrogens with zero attached hydrogens (tertiary/aromatic N) is 1. The largest absolute Gasteiger partial charge is 0.748 e. The highest BCUT2D eigenvalue weighted by atomic mass is 35.5. The van der Waals surface area contributed by atoms with Crippen molar-refractivity contribution in [1.82, 2.24) is 0 Å². The zero-order valence-corrected chi connectivity index (χ0v) is 15.2. The molecule has 6 nitrogen and oxygen atoms in total. The minimum atomic E-state index is -4.19. The van der Waals surface area contributed by atoms with Crippen LogP contribution in [-0.4, -0.2) is 25.3 Å². The maximum atomic E-state index is 10.7. The van der Waals surface area contributed by atoms with Crippen molar-refractivity contribution in [1.29, 1.82) is 0 Å². The predicted octanol–water partition coefficient (Wildman–Crippen LogP) is 3.10. The number of aromatic nitrogens is 1. The van der Waals surface area contributed by atoms with Crippen LogP contribution in [0.2, 0.25) is 5.02 Å². The maximum absolute atomic E-state index is 10.7. The molecule has 132 valence electrons. The summed E-state index contributed by atoms with van der Waals surface area (Å²) in [5.41, 5.74) is 1.48. The first-order valence-corrected chi connectivity index (χ1v) is 9.62. The molecule has 0 radical (unpaired) electrons. The van der Waals surface area contributed by atoms with Crippen LogP contribution in [0.3, 0.4) is 0 Å². The van der Waals surface area contributed by atoms with Gasteiger partial charge in [0, 0.05) is 23.3 Å². The third-order valence-electron chi connectivity index (χ3n) is 3.42. The molecule has 0 aliphatic rings. The third kappa shape index (κ3) is 5.22. The standard InChI is InChI=1S/C16H20ClNO5S/c1-3-22-12(2)10-16-18(8-4-5-9-24(19,20)21)14-11-13(17)6-7-15(14)23-16/h6-7,10-11H,3-5,8-9H2,1-2H3. The lowest BCUT2D eigenvalue weighted by atomic mass is 10.3. The van der Waals surface area contributed by atoms with Gasteiger partial charge in [0.05, 0.1) is 22.8 Å². The summed E-state index contributed by atoms with van der Waals surface area (Å²) in [5.74, 6) is 0.925. The molecule has 1 aromatic carbocycles. The van der Waals surface area contributed by atoms with Crippen LogP contribution in [0.1, 0.15) is 32.6 Å². The van der Waals surface area contributed by atoms with Crippen molar-refractivity contribution < 1.29 is 26.7 Å².